The highest BCUT2D eigenvalue weighted by molar-refractivity contribution is 6.17. The van der Waals surface area contributed by atoms with Gasteiger partial charge in [-0.15, -0.1) is 0 Å². The van der Waals surface area contributed by atoms with Crippen molar-refractivity contribution in [1.82, 2.24) is 0 Å². The quantitative estimate of drug-likeness (QED) is 0.119. The van der Waals surface area contributed by atoms with Crippen molar-refractivity contribution < 1.29 is 0 Å². The predicted molar refractivity (Wildman–Crippen MR) is 310 cm³/mol. The van der Waals surface area contributed by atoms with Crippen molar-refractivity contribution in [3.8, 4) is 55.6 Å². The van der Waals surface area contributed by atoms with Crippen LogP contribution in [0.2, 0.25) is 0 Å². The first-order valence-electron chi connectivity index (χ1n) is 25.3. The van der Waals surface area contributed by atoms with Gasteiger partial charge in [-0.1, -0.05) is 220 Å². The third-order valence-corrected chi connectivity index (χ3v) is 15.0. The van der Waals surface area contributed by atoms with Crippen LogP contribution in [0.25, 0.3) is 77.2 Å². The molecule has 0 fully saturated rings. The Labute approximate surface area is 428 Å². The Hall–Kier alpha value is -9.24. The smallest absolute Gasteiger partial charge is 0.0471 e. The van der Waals surface area contributed by atoms with E-state index in [1.807, 2.05) is 0 Å². The van der Waals surface area contributed by atoms with Crippen LogP contribution in [0.1, 0.15) is 25.0 Å². The third kappa shape index (κ3) is 8.04. The number of hydrogen-bond donors (Lipinski definition) is 0. The summed E-state index contributed by atoms with van der Waals surface area (Å²) in [6, 6.07) is 102. The Morgan fingerprint density at radius 3 is 0.685 bits per heavy atom. The van der Waals surface area contributed by atoms with Crippen LogP contribution in [0.3, 0.4) is 0 Å². The molecule has 0 heterocycles. The molecule has 0 radical (unpaired) electrons. The molecule has 0 aliphatic heterocycles. The van der Waals surface area contributed by atoms with Crippen molar-refractivity contribution in [2.45, 2.75) is 19.3 Å². The molecule has 0 spiro atoms. The first kappa shape index (κ1) is 43.8. The highest BCUT2D eigenvalue weighted by atomic mass is 15.1. The predicted octanol–water partition coefficient (Wildman–Crippen LogP) is 19.9. The average molecular weight is 933 g/mol. The Morgan fingerprint density at radius 2 is 0.438 bits per heavy atom. The molecule has 0 atom stereocenters. The molecule has 346 valence electrons. The van der Waals surface area contributed by atoms with E-state index in [-0.39, 0.29) is 5.41 Å². The summed E-state index contributed by atoms with van der Waals surface area (Å²) in [6.45, 7) is 4.82. The van der Waals surface area contributed by atoms with Crippen LogP contribution >= 0.6 is 0 Å². The maximum atomic E-state index is 2.46. The lowest BCUT2D eigenvalue weighted by Gasteiger charge is -2.30. The monoisotopic (exact) mass is 932 g/mol. The molecule has 12 aromatic rings. The Morgan fingerprint density at radius 1 is 0.219 bits per heavy atom. The van der Waals surface area contributed by atoms with Gasteiger partial charge in [0.1, 0.15) is 0 Å². The van der Waals surface area contributed by atoms with E-state index in [0.29, 0.717) is 0 Å². The van der Waals surface area contributed by atoms with E-state index < -0.39 is 0 Å². The Kier molecular flexibility index (Phi) is 10.9. The largest absolute Gasteiger partial charge is 0.310 e. The SMILES string of the molecule is CC1(C)c2cc(N(c3ccc(-c4ccccc4)cc3)c3ccc(-c4ccccc4)cc3)cc3ccc4cc(N(c5ccc(-c6ccccc6)cc5)c5ccc(-c6ccc(-c7ccccc7)cc6)cc5)cc1c4c23. The zero-order valence-corrected chi connectivity index (χ0v) is 41.0. The molecule has 0 saturated carbocycles. The van der Waals surface area contributed by atoms with Crippen molar-refractivity contribution in [3.05, 3.63) is 290 Å². The van der Waals surface area contributed by atoms with Crippen LogP contribution in [-0.2, 0) is 5.41 Å². The van der Waals surface area contributed by atoms with Gasteiger partial charge in [-0.25, -0.2) is 0 Å². The average Bonchev–Trinajstić information content (AvgIpc) is 3.70. The maximum Gasteiger partial charge on any atom is 0.0471 e. The third-order valence-electron chi connectivity index (χ3n) is 15.0. The first-order valence-corrected chi connectivity index (χ1v) is 25.3. The van der Waals surface area contributed by atoms with Crippen LogP contribution in [0.15, 0.2) is 279 Å². The molecule has 0 saturated heterocycles. The molecule has 0 amide bonds. The highest BCUT2D eigenvalue weighted by Crippen LogP contribution is 2.53. The topological polar surface area (TPSA) is 6.48 Å². The van der Waals surface area contributed by atoms with E-state index in [4.69, 9.17) is 0 Å². The summed E-state index contributed by atoms with van der Waals surface area (Å²) in [7, 11) is 0. The van der Waals surface area contributed by atoms with Gasteiger partial charge in [-0.2, -0.15) is 0 Å². The van der Waals surface area contributed by atoms with Crippen molar-refractivity contribution in [1.29, 1.82) is 0 Å². The summed E-state index contributed by atoms with van der Waals surface area (Å²) in [4.78, 5) is 4.86. The standard InChI is InChI=1S/C71H52N2/c1-71(2)67-47-65(72(61-37-29-55(30-38-61)50-17-9-4-10-18-50)62-39-31-56(32-40-62)51-19-11-5-12-20-51)45-59-27-28-60-46-66(48-68(71)70(60)69(59)67)73(63-41-33-57(34-42-63)52-21-13-6-14-22-52)64-43-35-58(36-44-64)54-25-23-53(24-26-54)49-15-7-3-8-16-49/h3-48H,1-2H3. The molecule has 1 aliphatic carbocycles. The number of rotatable bonds is 11. The van der Waals surface area contributed by atoms with Gasteiger partial charge in [0, 0.05) is 39.5 Å². The molecule has 1 aliphatic rings. The van der Waals surface area contributed by atoms with Gasteiger partial charge in [-0.3, -0.25) is 0 Å². The molecule has 0 N–H and O–H groups in total. The second kappa shape index (κ2) is 18.2. The minimum Gasteiger partial charge on any atom is -0.310 e. The van der Waals surface area contributed by atoms with Gasteiger partial charge >= 0.3 is 0 Å². The van der Waals surface area contributed by atoms with E-state index in [0.717, 1.165) is 34.1 Å². The van der Waals surface area contributed by atoms with Crippen LogP contribution < -0.4 is 9.80 Å². The molecule has 73 heavy (non-hydrogen) atoms. The summed E-state index contributed by atoms with van der Waals surface area (Å²) in [5, 5.41) is 5.16. The summed E-state index contributed by atoms with van der Waals surface area (Å²) >= 11 is 0. The zero-order valence-electron chi connectivity index (χ0n) is 41.0. The first-order chi connectivity index (χ1) is 35.9. The fourth-order valence-corrected chi connectivity index (χ4v) is 11.2. The van der Waals surface area contributed by atoms with E-state index >= 15 is 0 Å². The van der Waals surface area contributed by atoms with Crippen LogP contribution in [-0.4, -0.2) is 0 Å². The lowest BCUT2D eigenvalue weighted by molar-refractivity contribution is 0.663. The Bertz CT molecular complexity index is 3820. The molecule has 2 nitrogen and oxygen atoms in total. The minimum atomic E-state index is -0.301. The van der Waals surface area contributed by atoms with Gasteiger partial charge in [0.2, 0.25) is 0 Å². The molecule has 0 bridgehead atoms. The van der Waals surface area contributed by atoms with E-state index in [2.05, 4.69) is 303 Å². The Balaban J connectivity index is 0.905. The fraction of sp³-hybridized carbons (Fsp3) is 0.0423. The van der Waals surface area contributed by atoms with Gasteiger partial charge in [0.25, 0.3) is 0 Å². The molecule has 0 unspecified atom stereocenters. The van der Waals surface area contributed by atoms with Gasteiger partial charge in [-0.05, 0) is 161 Å². The summed E-state index contributed by atoms with van der Waals surface area (Å²) in [6.07, 6.45) is 0. The molecular formula is C71H52N2. The van der Waals surface area contributed by atoms with Crippen LogP contribution in [0.5, 0.6) is 0 Å². The van der Waals surface area contributed by atoms with Crippen molar-refractivity contribution in [2.75, 3.05) is 9.80 Å². The molecule has 12 aromatic carbocycles. The lowest BCUT2D eigenvalue weighted by Crippen LogP contribution is -2.18. The van der Waals surface area contributed by atoms with Crippen molar-refractivity contribution in [2.24, 2.45) is 0 Å². The van der Waals surface area contributed by atoms with Gasteiger partial charge in [0.05, 0.1) is 0 Å². The van der Waals surface area contributed by atoms with Crippen LogP contribution in [0, 0.1) is 0 Å². The maximum absolute atomic E-state index is 2.46. The highest BCUT2D eigenvalue weighted by Gasteiger charge is 2.36. The van der Waals surface area contributed by atoms with Crippen LogP contribution in [0.4, 0.5) is 34.1 Å². The van der Waals surface area contributed by atoms with E-state index in [9.17, 15) is 0 Å². The van der Waals surface area contributed by atoms with Gasteiger partial charge < -0.3 is 9.80 Å². The van der Waals surface area contributed by atoms with E-state index in [1.54, 1.807) is 0 Å². The number of hydrogen-bond acceptors (Lipinski definition) is 2. The van der Waals surface area contributed by atoms with Crippen molar-refractivity contribution >= 4 is 55.7 Å². The normalized spacial score (nSPS) is 12.4. The number of anilines is 6. The van der Waals surface area contributed by atoms with E-state index in [1.165, 1.54) is 88.3 Å². The summed E-state index contributed by atoms with van der Waals surface area (Å²) in [5.41, 5.74) is 21.1. The minimum absolute atomic E-state index is 0.301. The lowest BCUT2D eigenvalue weighted by atomic mass is 9.81. The second-order valence-electron chi connectivity index (χ2n) is 19.8. The molecule has 2 heteroatoms. The fourth-order valence-electron chi connectivity index (χ4n) is 11.2. The van der Waals surface area contributed by atoms with Crippen molar-refractivity contribution in [3.63, 3.8) is 0 Å². The number of benzene rings is 12. The molecular weight excluding hydrogens is 881 g/mol. The number of nitrogens with zero attached hydrogens (tertiary/aromatic N) is 2. The molecule has 0 aromatic heterocycles. The second-order valence-corrected chi connectivity index (χ2v) is 19.8. The zero-order chi connectivity index (χ0) is 48.9. The summed E-state index contributed by atoms with van der Waals surface area (Å²) in [5.74, 6) is 0. The summed E-state index contributed by atoms with van der Waals surface area (Å²) < 4.78 is 0. The molecule has 13 rings (SSSR count). The van der Waals surface area contributed by atoms with Gasteiger partial charge in [0.15, 0.2) is 0 Å².